The average Bonchev–Trinajstić information content (AvgIpc) is 2.03. The lowest BCUT2D eigenvalue weighted by Crippen LogP contribution is -2.41. The van der Waals surface area contributed by atoms with Gasteiger partial charge in [-0.1, -0.05) is 0 Å². The van der Waals surface area contributed by atoms with Crippen LogP contribution < -0.4 is 0 Å². The molecule has 0 aromatic rings. The maximum absolute atomic E-state index is 10.7. The summed E-state index contributed by atoms with van der Waals surface area (Å²) in [6, 6.07) is 0. The van der Waals surface area contributed by atoms with Gasteiger partial charge in [0, 0.05) is 19.6 Å². The second-order valence-corrected chi connectivity index (χ2v) is 4.00. The Hall–Kier alpha value is -0.770. The SMILES string of the molecule is CN(C)C[C@H]1CCCN(C(=O)O)C1. The van der Waals surface area contributed by atoms with Crippen molar-refractivity contribution in [1.29, 1.82) is 0 Å². The fraction of sp³-hybridized carbons (Fsp3) is 0.889. The summed E-state index contributed by atoms with van der Waals surface area (Å²) in [5.74, 6) is 0.514. The monoisotopic (exact) mass is 186 g/mol. The second-order valence-electron chi connectivity index (χ2n) is 4.00. The molecule has 1 aliphatic rings. The summed E-state index contributed by atoms with van der Waals surface area (Å²) in [4.78, 5) is 14.3. The summed E-state index contributed by atoms with van der Waals surface area (Å²) < 4.78 is 0. The van der Waals surface area contributed by atoms with Gasteiger partial charge in [0.15, 0.2) is 0 Å². The Balaban J connectivity index is 2.37. The summed E-state index contributed by atoms with van der Waals surface area (Å²) in [5, 5.41) is 8.80. The number of rotatable bonds is 2. The van der Waals surface area contributed by atoms with Crippen LogP contribution in [-0.2, 0) is 0 Å². The molecule has 1 fully saturated rings. The van der Waals surface area contributed by atoms with Crippen LogP contribution in [0.3, 0.4) is 0 Å². The minimum absolute atomic E-state index is 0.514. The fourth-order valence-corrected chi connectivity index (χ4v) is 1.90. The highest BCUT2D eigenvalue weighted by Gasteiger charge is 2.23. The van der Waals surface area contributed by atoms with Crippen LogP contribution in [0.25, 0.3) is 0 Å². The van der Waals surface area contributed by atoms with E-state index in [9.17, 15) is 4.79 Å². The number of carboxylic acid groups (broad SMARTS) is 1. The highest BCUT2D eigenvalue weighted by atomic mass is 16.4. The van der Waals surface area contributed by atoms with Crippen LogP contribution in [0.1, 0.15) is 12.8 Å². The van der Waals surface area contributed by atoms with Crippen molar-refractivity contribution in [2.24, 2.45) is 5.92 Å². The van der Waals surface area contributed by atoms with Gasteiger partial charge in [0.05, 0.1) is 0 Å². The predicted molar refractivity (Wildman–Crippen MR) is 50.9 cm³/mol. The highest BCUT2D eigenvalue weighted by molar-refractivity contribution is 5.65. The average molecular weight is 186 g/mol. The summed E-state index contributed by atoms with van der Waals surface area (Å²) in [6.45, 7) is 2.40. The summed E-state index contributed by atoms with van der Waals surface area (Å²) >= 11 is 0. The first kappa shape index (κ1) is 10.3. The first-order chi connectivity index (χ1) is 6.09. The van der Waals surface area contributed by atoms with E-state index in [1.807, 2.05) is 14.1 Å². The van der Waals surface area contributed by atoms with Crippen LogP contribution in [0.15, 0.2) is 0 Å². The molecule has 1 rings (SSSR count). The molecular formula is C9H18N2O2. The van der Waals surface area contributed by atoms with Gasteiger partial charge in [0.25, 0.3) is 0 Å². The minimum Gasteiger partial charge on any atom is -0.465 e. The highest BCUT2D eigenvalue weighted by Crippen LogP contribution is 2.16. The van der Waals surface area contributed by atoms with E-state index in [0.717, 1.165) is 19.4 Å². The van der Waals surface area contributed by atoms with Crippen LogP contribution in [0.5, 0.6) is 0 Å². The summed E-state index contributed by atoms with van der Waals surface area (Å²) in [6.07, 6.45) is 1.38. The van der Waals surface area contributed by atoms with E-state index >= 15 is 0 Å². The van der Waals surface area contributed by atoms with Crippen molar-refractivity contribution in [3.05, 3.63) is 0 Å². The molecule has 0 aromatic carbocycles. The van der Waals surface area contributed by atoms with Gasteiger partial charge in [-0.2, -0.15) is 0 Å². The third-order valence-electron chi connectivity index (χ3n) is 2.41. The molecule has 0 saturated carbocycles. The Kier molecular flexibility index (Phi) is 3.54. The number of hydrogen-bond donors (Lipinski definition) is 1. The van der Waals surface area contributed by atoms with Crippen molar-refractivity contribution in [3.8, 4) is 0 Å². The fourth-order valence-electron chi connectivity index (χ4n) is 1.90. The molecule has 0 bridgehead atoms. The zero-order chi connectivity index (χ0) is 9.84. The Labute approximate surface area is 79.1 Å². The molecule has 76 valence electrons. The van der Waals surface area contributed by atoms with E-state index in [1.165, 1.54) is 4.90 Å². The Bertz CT molecular complexity index is 182. The van der Waals surface area contributed by atoms with Gasteiger partial charge in [-0.25, -0.2) is 4.79 Å². The third-order valence-corrected chi connectivity index (χ3v) is 2.41. The number of nitrogens with zero attached hydrogens (tertiary/aromatic N) is 2. The van der Waals surface area contributed by atoms with Gasteiger partial charge in [-0.3, -0.25) is 0 Å². The standard InChI is InChI=1S/C9H18N2O2/c1-10(2)6-8-4-3-5-11(7-8)9(12)13/h8H,3-7H2,1-2H3,(H,12,13)/t8-/m1/s1. The molecule has 1 heterocycles. The van der Waals surface area contributed by atoms with Crippen LogP contribution >= 0.6 is 0 Å². The maximum atomic E-state index is 10.7. The summed E-state index contributed by atoms with van der Waals surface area (Å²) in [5.41, 5.74) is 0. The molecular weight excluding hydrogens is 168 g/mol. The van der Waals surface area contributed by atoms with Gasteiger partial charge in [-0.05, 0) is 32.9 Å². The minimum atomic E-state index is -0.775. The first-order valence-electron chi connectivity index (χ1n) is 4.72. The molecule has 1 aliphatic heterocycles. The topological polar surface area (TPSA) is 43.8 Å². The first-order valence-corrected chi connectivity index (χ1v) is 4.72. The molecule has 4 nitrogen and oxygen atoms in total. The largest absolute Gasteiger partial charge is 0.465 e. The van der Waals surface area contributed by atoms with Gasteiger partial charge in [0.1, 0.15) is 0 Å². The van der Waals surface area contributed by atoms with Crippen LogP contribution in [0.2, 0.25) is 0 Å². The lowest BCUT2D eigenvalue weighted by molar-refractivity contribution is 0.113. The van der Waals surface area contributed by atoms with Crippen molar-refractivity contribution in [3.63, 3.8) is 0 Å². The van der Waals surface area contributed by atoms with Crippen molar-refractivity contribution in [2.45, 2.75) is 12.8 Å². The van der Waals surface area contributed by atoms with Crippen LogP contribution in [-0.4, -0.2) is 54.7 Å². The zero-order valence-corrected chi connectivity index (χ0v) is 8.36. The van der Waals surface area contributed by atoms with Gasteiger partial charge < -0.3 is 14.9 Å². The third kappa shape index (κ3) is 3.22. The molecule has 1 N–H and O–H groups in total. The van der Waals surface area contributed by atoms with E-state index in [0.29, 0.717) is 19.0 Å². The van der Waals surface area contributed by atoms with E-state index in [2.05, 4.69) is 4.90 Å². The molecule has 0 unspecified atom stereocenters. The molecule has 1 saturated heterocycles. The predicted octanol–water partition coefficient (Wildman–Crippen LogP) is 0.938. The van der Waals surface area contributed by atoms with Gasteiger partial charge in [-0.15, -0.1) is 0 Å². The molecule has 1 amide bonds. The molecule has 0 spiro atoms. The molecule has 13 heavy (non-hydrogen) atoms. The lowest BCUT2D eigenvalue weighted by atomic mass is 9.98. The number of piperidine rings is 1. The van der Waals surface area contributed by atoms with Gasteiger partial charge in [0.2, 0.25) is 0 Å². The van der Waals surface area contributed by atoms with Crippen LogP contribution in [0, 0.1) is 5.92 Å². The second kappa shape index (κ2) is 4.46. The Morgan fingerprint density at radius 1 is 1.62 bits per heavy atom. The quantitative estimate of drug-likeness (QED) is 0.698. The number of hydrogen-bond acceptors (Lipinski definition) is 2. The molecule has 0 aromatic heterocycles. The van der Waals surface area contributed by atoms with Crippen molar-refractivity contribution >= 4 is 6.09 Å². The van der Waals surface area contributed by atoms with E-state index < -0.39 is 6.09 Å². The maximum Gasteiger partial charge on any atom is 0.407 e. The Morgan fingerprint density at radius 3 is 2.85 bits per heavy atom. The number of carbonyl (C=O) groups is 1. The zero-order valence-electron chi connectivity index (χ0n) is 8.36. The van der Waals surface area contributed by atoms with Crippen molar-refractivity contribution < 1.29 is 9.90 Å². The number of amides is 1. The van der Waals surface area contributed by atoms with E-state index in [4.69, 9.17) is 5.11 Å². The molecule has 0 radical (unpaired) electrons. The Morgan fingerprint density at radius 2 is 2.31 bits per heavy atom. The molecule has 4 heteroatoms. The molecule has 1 atom stereocenters. The smallest absolute Gasteiger partial charge is 0.407 e. The van der Waals surface area contributed by atoms with Crippen LogP contribution in [0.4, 0.5) is 4.79 Å². The summed E-state index contributed by atoms with van der Waals surface area (Å²) in [7, 11) is 4.05. The number of likely N-dealkylation sites (tertiary alicyclic amines) is 1. The lowest BCUT2D eigenvalue weighted by Gasteiger charge is -2.32. The van der Waals surface area contributed by atoms with E-state index in [1.54, 1.807) is 0 Å². The normalized spacial score (nSPS) is 23.6. The van der Waals surface area contributed by atoms with Gasteiger partial charge >= 0.3 is 6.09 Å². The van der Waals surface area contributed by atoms with Crippen molar-refractivity contribution in [2.75, 3.05) is 33.7 Å². The van der Waals surface area contributed by atoms with E-state index in [-0.39, 0.29) is 0 Å². The molecule has 0 aliphatic carbocycles. The van der Waals surface area contributed by atoms with Crippen molar-refractivity contribution in [1.82, 2.24) is 9.80 Å².